The number of nitrogens with one attached hydrogen (secondary N) is 1. The topological polar surface area (TPSA) is 86.0 Å². The van der Waals surface area contributed by atoms with Gasteiger partial charge in [-0.3, -0.25) is 0 Å². The Labute approximate surface area is 186 Å². The number of rotatable bonds is 7. The summed E-state index contributed by atoms with van der Waals surface area (Å²) in [5.74, 6) is 1.77. The van der Waals surface area contributed by atoms with Crippen LogP contribution in [0.25, 0.3) is 11.5 Å². The highest BCUT2D eigenvalue weighted by Crippen LogP contribution is 2.38. The molecule has 0 bridgehead atoms. The molecule has 0 spiro atoms. The van der Waals surface area contributed by atoms with Crippen LogP contribution in [0.4, 0.5) is 10.8 Å². The van der Waals surface area contributed by atoms with E-state index in [1.807, 2.05) is 56.3 Å². The molecule has 10 heteroatoms. The zero-order valence-electron chi connectivity index (χ0n) is 16.4. The third kappa shape index (κ3) is 4.58. The van der Waals surface area contributed by atoms with Crippen LogP contribution in [0.2, 0.25) is 5.02 Å². The van der Waals surface area contributed by atoms with Crippen molar-refractivity contribution in [3.63, 3.8) is 0 Å². The zero-order chi connectivity index (χ0) is 21.1. The van der Waals surface area contributed by atoms with Crippen molar-refractivity contribution in [2.75, 3.05) is 12.4 Å². The third-order valence-electron chi connectivity index (χ3n) is 4.32. The van der Waals surface area contributed by atoms with E-state index in [-0.39, 0.29) is 5.25 Å². The van der Waals surface area contributed by atoms with Crippen LogP contribution in [0.5, 0.6) is 5.75 Å². The SMILES string of the molecule is COc1ccc(-c2nnc([C@@H](C)Sc3nnc(Nc4cccc(Cl)c4C)s3)o2)cc1. The molecule has 0 radical (unpaired) electrons. The van der Waals surface area contributed by atoms with Crippen molar-refractivity contribution in [2.24, 2.45) is 0 Å². The van der Waals surface area contributed by atoms with Gasteiger partial charge < -0.3 is 14.5 Å². The molecule has 4 rings (SSSR count). The summed E-state index contributed by atoms with van der Waals surface area (Å²) in [6.07, 6.45) is 0. The highest BCUT2D eigenvalue weighted by atomic mass is 35.5. The molecule has 4 aromatic rings. The van der Waals surface area contributed by atoms with Crippen LogP contribution in [-0.4, -0.2) is 27.5 Å². The summed E-state index contributed by atoms with van der Waals surface area (Å²) in [5, 5.41) is 21.4. The lowest BCUT2D eigenvalue weighted by molar-refractivity contribution is 0.415. The quantitative estimate of drug-likeness (QED) is 0.329. The van der Waals surface area contributed by atoms with Crippen LogP contribution in [0.1, 0.15) is 23.6 Å². The lowest BCUT2D eigenvalue weighted by Crippen LogP contribution is -1.92. The Kier molecular flexibility index (Phi) is 6.21. The van der Waals surface area contributed by atoms with Crippen LogP contribution in [-0.2, 0) is 0 Å². The predicted octanol–water partition coefficient (Wildman–Crippen LogP) is 6.16. The lowest BCUT2D eigenvalue weighted by atomic mass is 10.2. The van der Waals surface area contributed by atoms with E-state index < -0.39 is 0 Å². The summed E-state index contributed by atoms with van der Waals surface area (Å²) in [5.41, 5.74) is 2.71. The van der Waals surface area contributed by atoms with Crippen molar-refractivity contribution >= 4 is 45.5 Å². The van der Waals surface area contributed by atoms with Crippen LogP contribution >= 0.6 is 34.7 Å². The fourth-order valence-corrected chi connectivity index (χ4v) is 4.73. The molecule has 0 saturated heterocycles. The Morgan fingerprint density at radius 2 is 1.90 bits per heavy atom. The van der Waals surface area contributed by atoms with Crippen molar-refractivity contribution in [3.8, 4) is 17.2 Å². The van der Waals surface area contributed by atoms with E-state index in [9.17, 15) is 0 Å². The second-order valence-electron chi connectivity index (χ2n) is 6.34. The van der Waals surface area contributed by atoms with E-state index in [1.54, 1.807) is 7.11 Å². The van der Waals surface area contributed by atoms with Gasteiger partial charge in [0.05, 0.1) is 12.4 Å². The summed E-state index contributed by atoms with van der Waals surface area (Å²) in [4.78, 5) is 0. The molecule has 1 atom stereocenters. The lowest BCUT2D eigenvalue weighted by Gasteiger charge is -2.07. The first kappa shape index (κ1) is 20.6. The molecule has 0 fully saturated rings. The predicted molar refractivity (Wildman–Crippen MR) is 120 cm³/mol. The number of hydrogen-bond donors (Lipinski definition) is 1. The van der Waals surface area contributed by atoms with Crippen molar-refractivity contribution in [3.05, 3.63) is 58.9 Å². The maximum atomic E-state index is 6.18. The van der Waals surface area contributed by atoms with Crippen LogP contribution in [0.15, 0.2) is 51.2 Å². The standard InChI is InChI=1S/C20H18ClN5O2S2/c1-11-15(21)5-4-6-16(11)22-19-25-26-20(30-19)29-12(2)17-23-24-18(28-17)13-7-9-14(27-3)10-8-13/h4-10,12H,1-3H3,(H,22,25)/t12-/m1/s1. The maximum absolute atomic E-state index is 6.18. The third-order valence-corrected chi connectivity index (χ3v) is 6.74. The smallest absolute Gasteiger partial charge is 0.247 e. The van der Waals surface area contributed by atoms with Crippen LogP contribution in [0.3, 0.4) is 0 Å². The average Bonchev–Trinajstić information content (AvgIpc) is 3.41. The second kappa shape index (κ2) is 9.03. The number of aromatic nitrogens is 4. The molecular formula is C20H18ClN5O2S2. The molecule has 2 aromatic heterocycles. The monoisotopic (exact) mass is 459 g/mol. The van der Waals surface area contributed by atoms with E-state index in [1.165, 1.54) is 23.1 Å². The number of nitrogens with zero attached hydrogens (tertiary/aromatic N) is 4. The van der Waals surface area contributed by atoms with Gasteiger partial charge in [0.25, 0.3) is 0 Å². The van der Waals surface area contributed by atoms with Crippen molar-refractivity contribution in [1.82, 2.24) is 20.4 Å². The minimum Gasteiger partial charge on any atom is -0.497 e. The van der Waals surface area contributed by atoms with E-state index in [2.05, 4.69) is 25.7 Å². The summed E-state index contributed by atoms with van der Waals surface area (Å²) < 4.78 is 11.8. The van der Waals surface area contributed by atoms with E-state index in [0.29, 0.717) is 21.9 Å². The first-order chi connectivity index (χ1) is 14.5. The van der Waals surface area contributed by atoms with Gasteiger partial charge in [-0.1, -0.05) is 40.8 Å². The molecule has 0 amide bonds. The molecule has 0 aliphatic carbocycles. The molecular weight excluding hydrogens is 442 g/mol. The van der Waals surface area contributed by atoms with Gasteiger partial charge in [0.1, 0.15) is 5.75 Å². The van der Waals surface area contributed by atoms with Gasteiger partial charge in [0, 0.05) is 16.3 Å². The molecule has 0 aliphatic rings. The summed E-state index contributed by atoms with van der Waals surface area (Å²) in [6.45, 7) is 3.95. The number of thioether (sulfide) groups is 1. The number of ether oxygens (including phenoxy) is 1. The number of hydrogen-bond acceptors (Lipinski definition) is 9. The van der Waals surface area contributed by atoms with Gasteiger partial charge in [-0.2, -0.15) is 0 Å². The highest BCUT2D eigenvalue weighted by Gasteiger charge is 2.19. The molecule has 154 valence electrons. The molecule has 0 unspecified atom stereocenters. The van der Waals surface area contributed by atoms with Crippen LogP contribution in [0, 0.1) is 6.92 Å². The molecule has 30 heavy (non-hydrogen) atoms. The minimum absolute atomic E-state index is 0.0711. The van der Waals surface area contributed by atoms with E-state index >= 15 is 0 Å². The summed E-state index contributed by atoms with van der Waals surface area (Å²) >= 11 is 9.14. The van der Waals surface area contributed by atoms with Gasteiger partial charge in [0.15, 0.2) is 4.34 Å². The molecule has 7 nitrogen and oxygen atoms in total. The Bertz CT molecular complexity index is 1150. The van der Waals surface area contributed by atoms with Gasteiger partial charge in [-0.05, 0) is 55.8 Å². The fraction of sp³-hybridized carbons (Fsp3) is 0.200. The molecule has 1 N–H and O–H groups in total. The average molecular weight is 460 g/mol. The van der Waals surface area contributed by atoms with E-state index in [0.717, 1.165) is 26.9 Å². The van der Waals surface area contributed by atoms with Crippen molar-refractivity contribution < 1.29 is 9.15 Å². The number of benzene rings is 2. The first-order valence-corrected chi connectivity index (χ1v) is 11.1. The molecule has 0 aliphatic heterocycles. The number of anilines is 2. The molecule has 2 aromatic carbocycles. The van der Waals surface area contributed by atoms with E-state index in [4.69, 9.17) is 20.8 Å². The minimum atomic E-state index is -0.0711. The summed E-state index contributed by atoms with van der Waals surface area (Å²) in [6, 6.07) is 13.2. The number of methoxy groups -OCH3 is 1. The van der Waals surface area contributed by atoms with Gasteiger partial charge >= 0.3 is 0 Å². The van der Waals surface area contributed by atoms with Crippen LogP contribution < -0.4 is 10.1 Å². The first-order valence-electron chi connectivity index (χ1n) is 9.03. The highest BCUT2D eigenvalue weighted by molar-refractivity contribution is 8.01. The van der Waals surface area contributed by atoms with Gasteiger partial charge in [0.2, 0.25) is 16.9 Å². The molecule has 2 heterocycles. The second-order valence-corrected chi connectivity index (χ2v) is 9.32. The number of halogens is 1. The Hall–Kier alpha value is -2.62. The fourth-order valence-electron chi connectivity index (χ4n) is 2.62. The normalized spacial score (nSPS) is 12.0. The van der Waals surface area contributed by atoms with Gasteiger partial charge in [-0.15, -0.1) is 20.4 Å². The maximum Gasteiger partial charge on any atom is 0.247 e. The van der Waals surface area contributed by atoms with Crippen molar-refractivity contribution in [2.45, 2.75) is 23.4 Å². The van der Waals surface area contributed by atoms with Gasteiger partial charge in [-0.25, -0.2) is 0 Å². The van der Waals surface area contributed by atoms with Crippen molar-refractivity contribution in [1.29, 1.82) is 0 Å². The molecule has 0 saturated carbocycles. The Morgan fingerprint density at radius 1 is 1.10 bits per heavy atom. The Morgan fingerprint density at radius 3 is 2.67 bits per heavy atom. The largest absolute Gasteiger partial charge is 0.497 e. The Balaban J connectivity index is 1.42. The summed E-state index contributed by atoms with van der Waals surface area (Å²) in [7, 11) is 1.63. The zero-order valence-corrected chi connectivity index (χ0v) is 18.8.